The van der Waals surface area contributed by atoms with Gasteiger partial charge in [-0.2, -0.15) is 5.26 Å². The zero-order valence-corrected chi connectivity index (χ0v) is 21.0. The van der Waals surface area contributed by atoms with Gasteiger partial charge in [0.15, 0.2) is 11.6 Å². The number of ether oxygens (including phenoxy) is 2. The molecule has 0 aliphatic heterocycles. The van der Waals surface area contributed by atoms with Gasteiger partial charge in [0, 0.05) is 22.3 Å². The van der Waals surface area contributed by atoms with Gasteiger partial charge in [0.25, 0.3) is 5.69 Å². The highest BCUT2D eigenvalue weighted by Crippen LogP contribution is 2.44. The van der Waals surface area contributed by atoms with Crippen molar-refractivity contribution >= 4 is 28.8 Å². The maximum absolute atomic E-state index is 13.6. The fourth-order valence-corrected chi connectivity index (χ4v) is 5.22. The lowest BCUT2D eigenvalue weighted by Gasteiger charge is -2.14. The number of thioether (sulfide) groups is 1. The van der Waals surface area contributed by atoms with Crippen molar-refractivity contribution in [2.24, 2.45) is 0 Å². The normalized spacial score (nSPS) is 10.5. The fourth-order valence-electron chi connectivity index (χ4n) is 3.43. The highest BCUT2D eigenvalue weighted by Gasteiger charge is 2.23. The second kappa shape index (κ2) is 11.8. The molecule has 2 heterocycles. The van der Waals surface area contributed by atoms with Crippen LogP contribution in [0, 0.1) is 29.5 Å². The van der Waals surface area contributed by atoms with Crippen molar-refractivity contribution in [3.05, 3.63) is 82.2 Å². The summed E-state index contributed by atoms with van der Waals surface area (Å²) in [5.41, 5.74) is 2.46. The molecule has 4 aromatic rings. The van der Waals surface area contributed by atoms with Crippen LogP contribution in [0.5, 0.6) is 11.6 Å². The Kier molecular flexibility index (Phi) is 8.31. The second-order valence-corrected chi connectivity index (χ2v) is 9.23. The molecular weight excluding hydrogens is 518 g/mol. The number of aromatic nitrogens is 2. The summed E-state index contributed by atoms with van der Waals surface area (Å²) in [4.78, 5) is 12.5. The number of aliphatic hydroxyl groups is 1. The molecule has 2 aromatic carbocycles. The van der Waals surface area contributed by atoms with Crippen LogP contribution in [-0.2, 0) is 5.75 Å². The molecule has 4 rings (SSSR count). The SMILES string of the molecule is [C-]#[N+]c1c(OC)nc(SCc2csc(-c3ccc(F)c(F)c3)n2)c(C#N)c1-c1ccc(OCCO)cc1. The molecule has 11 heteroatoms. The molecule has 0 bridgehead atoms. The van der Waals surface area contributed by atoms with Crippen molar-refractivity contribution in [3.63, 3.8) is 0 Å². The average molecular weight is 537 g/mol. The van der Waals surface area contributed by atoms with Crippen molar-refractivity contribution in [2.75, 3.05) is 20.3 Å². The minimum absolute atomic E-state index is 0.0906. The molecule has 0 fully saturated rings. The Morgan fingerprint density at radius 3 is 2.54 bits per heavy atom. The predicted octanol–water partition coefficient (Wildman–Crippen LogP) is 6.24. The van der Waals surface area contributed by atoms with E-state index in [1.807, 2.05) is 0 Å². The maximum Gasteiger partial charge on any atom is 0.256 e. The Hall–Kier alpha value is -4.03. The number of pyridine rings is 1. The van der Waals surface area contributed by atoms with Crippen LogP contribution in [0.2, 0.25) is 0 Å². The summed E-state index contributed by atoms with van der Waals surface area (Å²) >= 11 is 2.54. The van der Waals surface area contributed by atoms with Crippen LogP contribution in [0.25, 0.3) is 26.5 Å². The first-order chi connectivity index (χ1) is 18.0. The van der Waals surface area contributed by atoms with Gasteiger partial charge in [-0.05, 0) is 35.9 Å². The van der Waals surface area contributed by atoms with E-state index in [9.17, 15) is 14.0 Å². The molecule has 0 aliphatic carbocycles. The number of halogens is 2. The largest absolute Gasteiger partial charge is 0.491 e. The molecule has 0 radical (unpaired) electrons. The molecule has 0 amide bonds. The zero-order chi connectivity index (χ0) is 26.4. The Balaban J connectivity index is 1.66. The zero-order valence-electron chi connectivity index (χ0n) is 19.4. The van der Waals surface area contributed by atoms with E-state index in [-0.39, 0.29) is 30.3 Å². The average Bonchev–Trinajstić information content (AvgIpc) is 3.40. The number of hydrogen-bond acceptors (Lipinski definition) is 8. The number of thiazole rings is 1. The van der Waals surface area contributed by atoms with Gasteiger partial charge in [0.2, 0.25) is 5.88 Å². The van der Waals surface area contributed by atoms with Crippen LogP contribution in [0.15, 0.2) is 52.9 Å². The van der Waals surface area contributed by atoms with E-state index >= 15 is 0 Å². The summed E-state index contributed by atoms with van der Waals surface area (Å²) in [5.74, 6) is -0.898. The molecule has 7 nitrogen and oxygen atoms in total. The summed E-state index contributed by atoms with van der Waals surface area (Å²) in [7, 11) is 1.40. The van der Waals surface area contributed by atoms with E-state index in [0.717, 1.165) is 12.1 Å². The van der Waals surface area contributed by atoms with Crippen molar-refractivity contribution in [2.45, 2.75) is 10.8 Å². The van der Waals surface area contributed by atoms with Crippen LogP contribution in [0.4, 0.5) is 14.5 Å². The monoisotopic (exact) mass is 536 g/mol. The molecule has 186 valence electrons. The number of benzene rings is 2. The topological polar surface area (TPSA) is 92.6 Å². The summed E-state index contributed by atoms with van der Waals surface area (Å²) in [6.07, 6.45) is 0. The van der Waals surface area contributed by atoms with E-state index < -0.39 is 11.6 Å². The lowest BCUT2D eigenvalue weighted by molar-refractivity contribution is 0.201. The second-order valence-electron chi connectivity index (χ2n) is 7.41. The van der Waals surface area contributed by atoms with E-state index in [4.69, 9.17) is 21.2 Å². The minimum Gasteiger partial charge on any atom is -0.491 e. The smallest absolute Gasteiger partial charge is 0.256 e. The van der Waals surface area contributed by atoms with E-state index in [1.54, 1.807) is 29.6 Å². The van der Waals surface area contributed by atoms with Crippen LogP contribution in [0.1, 0.15) is 11.3 Å². The van der Waals surface area contributed by atoms with Crippen LogP contribution >= 0.6 is 23.1 Å². The third-order valence-electron chi connectivity index (χ3n) is 5.10. The summed E-state index contributed by atoms with van der Waals surface area (Å²) in [6.45, 7) is 7.71. The van der Waals surface area contributed by atoms with Gasteiger partial charge in [0.1, 0.15) is 28.5 Å². The third kappa shape index (κ3) is 5.70. The van der Waals surface area contributed by atoms with Crippen LogP contribution in [0.3, 0.4) is 0 Å². The van der Waals surface area contributed by atoms with Gasteiger partial charge in [-0.15, -0.1) is 11.3 Å². The molecule has 2 aromatic heterocycles. The standard InChI is InChI=1S/C26H18F2N4O3S2/c1-30-23-22(15-3-6-18(7-4-15)35-10-9-33)19(12-29)26(32-24(23)34-2)37-14-17-13-36-25(31-17)16-5-8-20(27)21(28)11-16/h3-8,11,13,33H,9-10,14H2,2H3. The Morgan fingerprint density at radius 1 is 1.14 bits per heavy atom. The Bertz CT molecular complexity index is 1510. The molecule has 0 unspecified atom stereocenters. The molecule has 0 spiro atoms. The quantitative estimate of drug-likeness (QED) is 0.200. The predicted molar refractivity (Wildman–Crippen MR) is 137 cm³/mol. The minimum atomic E-state index is -0.945. The fraction of sp³-hybridized carbons (Fsp3) is 0.154. The molecular formula is C26H18F2N4O3S2. The van der Waals surface area contributed by atoms with Gasteiger partial charge in [-0.25, -0.2) is 23.6 Å². The number of hydrogen-bond donors (Lipinski definition) is 1. The van der Waals surface area contributed by atoms with Crippen molar-refractivity contribution < 1.29 is 23.4 Å². The van der Waals surface area contributed by atoms with Gasteiger partial charge in [0.05, 0.1) is 31.5 Å². The van der Waals surface area contributed by atoms with Gasteiger partial charge < -0.3 is 14.6 Å². The summed E-state index contributed by atoms with van der Waals surface area (Å²) < 4.78 is 37.7. The molecule has 0 atom stereocenters. The number of methoxy groups -OCH3 is 1. The highest BCUT2D eigenvalue weighted by atomic mass is 32.2. The maximum atomic E-state index is 13.6. The molecule has 0 aliphatic rings. The first-order valence-electron chi connectivity index (χ1n) is 10.7. The lowest BCUT2D eigenvalue weighted by Crippen LogP contribution is -2.01. The number of rotatable bonds is 9. The first kappa shape index (κ1) is 26.0. The van der Waals surface area contributed by atoms with E-state index in [2.05, 4.69) is 20.9 Å². The summed E-state index contributed by atoms with van der Waals surface area (Å²) in [5, 5.41) is 21.7. The van der Waals surface area contributed by atoms with Gasteiger partial charge >= 0.3 is 0 Å². The van der Waals surface area contributed by atoms with Crippen LogP contribution < -0.4 is 9.47 Å². The van der Waals surface area contributed by atoms with Gasteiger partial charge in [-0.3, -0.25) is 0 Å². The van der Waals surface area contributed by atoms with E-state index in [0.29, 0.717) is 43.9 Å². The van der Waals surface area contributed by atoms with Crippen molar-refractivity contribution in [1.82, 2.24) is 9.97 Å². The van der Waals surface area contributed by atoms with Crippen molar-refractivity contribution in [1.29, 1.82) is 5.26 Å². The van der Waals surface area contributed by atoms with E-state index in [1.165, 1.54) is 36.3 Å². The van der Waals surface area contributed by atoms with Gasteiger partial charge in [-0.1, -0.05) is 23.9 Å². The lowest BCUT2D eigenvalue weighted by atomic mass is 10.00. The highest BCUT2D eigenvalue weighted by molar-refractivity contribution is 7.98. The Morgan fingerprint density at radius 2 is 1.89 bits per heavy atom. The molecule has 0 saturated carbocycles. The number of nitrogens with zero attached hydrogens (tertiary/aromatic N) is 4. The van der Waals surface area contributed by atoms with Crippen molar-refractivity contribution in [3.8, 4) is 39.4 Å². The van der Waals surface area contributed by atoms with Crippen LogP contribution in [-0.4, -0.2) is 35.4 Å². The molecule has 1 N–H and O–H groups in total. The first-order valence-corrected chi connectivity index (χ1v) is 12.6. The Labute approximate surface area is 219 Å². The molecule has 0 saturated heterocycles. The molecule has 37 heavy (non-hydrogen) atoms. The number of aliphatic hydroxyl groups excluding tert-OH is 1. The number of nitriles is 1. The summed E-state index contributed by atoms with van der Waals surface area (Å²) in [6, 6.07) is 12.6. The third-order valence-corrected chi connectivity index (χ3v) is 7.05.